The van der Waals surface area contributed by atoms with E-state index in [4.69, 9.17) is 9.84 Å². The second kappa shape index (κ2) is 6.47. The zero-order valence-electron chi connectivity index (χ0n) is 11.6. The Labute approximate surface area is 116 Å². The maximum Gasteiger partial charge on any atom is 0.328 e. The van der Waals surface area contributed by atoms with Crippen LogP contribution in [0.3, 0.4) is 0 Å². The molecule has 0 radical (unpaired) electrons. The van der Waals surface area contributed by atoms with Gasteiger partial charge >= 0.3 is 5.97 Å². The summed E-state index contributed by atoms with van der Waals surface area (Å²) in [5, 5.41) is 11.3. The number of nitrogens with one attached hydrogen (secondary N) is 1. The lowest BCUT2D eigenvalue weighted by atomic mass is 9.83. The molecular weight excluding hydrogens is 265 g/mol. The van der Waals surface area contributed by atoms with Gasteiger partial charge in [0.1, 0.15) is 5.82 Å². The van der Waals surface area contributed by atoms with Gasteiger partial charge in [-0.2, -0.15) is 0 Å². The number of amides is 1. The quantitative estimate of drug-likeness (QED) is 0.825. The number of hydrogen-bond donors (Lipinski definition) is 2. The van der Waals surface area contributed by atoms with Gasteiger partial charge in [-0.25, -0.2) is 9.18 Å². The Morgan fingerprint density at radius 1 is 1.40 bits per heavy atom. The van der Waals surface area contributed by atoms with Crippen molar-refractivity contribution >= 4 is 11.9 Å². The van der Waals surface area contributed by atoms with Gasteiger partial charge in [-0.3, -0.25) is 4.79 Å². The van der Waals surface area contributed by atoms with Gasteiger partial charge in [-0.15, -0.1) is 0 Å². The zero-order valence-corrected chi connectivity index (χ0v) is 11.6. The fourth-order valence-electron chi connectivity index (χ4n) is 1.77. The van der Waals surface area contributed by atoms with Crippen LogP contribution in [-0.4, -0.2) is 36.7 Å². The third-order valence-corrected chi connectivity index (χ3v) is 3.05. The van der Waals surface area contributed by atoms with Gasteiger partial charge in [0.15, 0.2) is 6.04 Å². The fourth-order valence-corrected chi connectivity index (χ4v) is 1.77. The summed E-state index contributed by atoms with van der Waals surface area (Å²) < 4.78 is 18.5. The SMILES string of the molecule is COCC(NC(=O)C(C)(C)c1ccccc1F)C(=O)O. The van der Waals surface area contributed by atoms with Crippen LogP contribution in [0.25, 0.3) is 0 Å². The molecule has 110 valence electrons. The van der Waals surface area contributed by atoms with E-state index in [-0.39, 0.29) is 12.2 Å². The molecule has 0 spiro atoms. The molecule has 20 heavy (non-hydrogen) atoms. The number of carboxylic acid groups (broad SMARTS) is 1. The van der Waals surface area contributed by atoms with Gasteiger partial charge in [0, 0.05) is 12.7 Å². The van der Waals surface area contributed by atoms with Crippen LogP contribution in [0.4, 0.5) is 4.39 Å². The van der Waals surface area contributed by atoms with Gasteiger partial charge in [-0.05, 0) is 19.9 Å². The van der Waals surface area contributed by atoms with Crippen LogP contribution in [0.5, 0.6) is 0 Å². The normalized spacial score (nSPS) is 12.8. The van der Waals surface area contributed by atoms with E-state index in [1.165, 1.54) is 39.2 Å². The van der Waals surface area contributed by atoms with Crippen molar-refractivity contribution < 1.29 is 23.8 Å². The maximum atomic E-state index is 13.8. The molecule has 0 aromatic heterocycles. The van der Waals surface area contributed by atoms with Crippen molar-refractivity contribution in [1.29, 1.82) is 0 Å². The highest BCUT2D eigenvalue weighted by atomic mass is 19.1. The second-order valence-electron chi connectivity index (χ2n) is 4.92. The standard InChI is InChI=1S/C14H18FNO4/c1-14(2,9-6-4-5-7-10(9)15)13(19)16-11(8-20-3)12(17)18/h4-7,11H,8H2,1-3H3,(H,16,19)(H,17,18). The van der Waals surface area contributed by atoms with Crippen molar-refractivity contribution in [3.8, 4) is 0 Å². The Bertz CT molecular complexity index is 502. The van der Waals surface area contributed by atoms with Crippen LogP contribution in [0.1, 0.15) is 19.4 Å². The molecule has 1 aromatic rings. The van der Waals surface area contributed by atoms with Crippen LogP contribution in [-0.2, 0) is 19.7 Å². The summed E-state index contributed by atoms with van der Waals surface area (Å²) in [5.74, 6) is -2.29. The Morgan fingerprint density at radius 3 is 2.50 bits per heavy atom. The first-order valence-electron chi connectivity index (χ1n) is 6.08. The molecule has 6 heteroatoms. The summed E-state index contributed by atoms with van der Waals surface area (Å²) in [7, 11) is 1.34. The zero-order chi connectivity index (χ0) is 15.3. The van der Waals surface area contributed by atoms with E-state index in [1.807, 2.05) is 0 Å². The highest BCUT2D eigenvalue weighted by Gasteiger charge is 2.34. The highest BCUT2D eigenvalue weighted by molar-refractivity contribution is 5.90. The summed E-state index contributed by atoms with van der Waals surface area (Å²) in [5.41, 5.74) is -0.980. The molecule has 1 unspecified atom stereocenters. The Kier molecular flexibility index (Phi) is 5.21. The van der Waals surface area contributed by atoms with Crippen LogP contribution < -0.4 is 5.32 Å². The largest absolute Gasteiger partial charge is 0.480 e. The number of methoxy groups -OCH3 is 1. The lowest BCUT2D eigenvalue weighted by molar-refractivity contribution is -0.144. The molecule has 1 amide bonds. The highest BCUT2D eigenvalue weighted by Crippen LogP contribution is 2.26. The van der Waals surface area contributed by atoms with Crippen molar-refractivity contribution in [2.45, 2.75) is 25.3 Å². The molecule has 0 aliphatic carbocycles. The summed E-state index contributed by atoms with van der Waals surface area (Å²) in [6.07, 6.45) is 0. The number of aliphatic carboxylic acids is 1. The van der Waals surface area contributed by atoms with Crippen molar-refractivity contribution in [1.82, 2.24) is 5.32 Å². The summed E-state index contributed by atoms with van der Waals surface area (Å²) >= 11 is 0. The third-order valence-electron chi connectivity index (χ3n) is 3.05. The minimum Gasteiger partial charge on any atom is -0.480 e. The van der Waals surface area contributed by atoms with Crippen molar-refractivity contribution in [2.24, 2.45) is 0 Å². The van der Waals surface area contributed by atoms with Gasteiger partial charge in [0.2, 0.25) is 5.91 Å². The number of ether oxygens (including phenoxy) is 1. The van der Waals surface area contributed by atoms with E-state index < -0.39 is 29.2 Å². The molecule has 5 nitrogen and oxygen atoms in total. The Morgan fingerprint density at radius 2 is 2.00 bits per heavy atom. The van der Waals surface area contributed by atoms with E-state index in [9.17, 15) is 14.0 Å². The van der Waals surface area contributed by atoms with Gasteiger partial charge in [-0.1, -0.05) is 18.2 Å². The topological polar surface area (TPSA) is 75.6 Å². The first-order chi connectivity index (χ1) is 9.30. The molecule has 0 bridgehead atoms. The molecule has 2 N–H and O–H groups in total. The molecule has 0 saturated heterocycles. The minimum absolute atomic E-state index is 0.158. The van der Waals surface area contributed by atoms with Crippen molar-refractivity contribution in [3.63, 3.8) is 0 Å². The molecule has 0 aliphatic heterocycles. The summed E-state index contributed by atoms with van der Waals surface area (Å²) in [6.45, 7) is 2.91. The van der Waals surface area contributed by atoms with E-state index in [0.29, 0.717) is 0 Å². The number of carboxylic acids is 1. The molecule has 1 atom stereocenters. The van der Waals surface area contributed by atoms with Crippen molar-refractivity contribution in [2.75, 3.05) is 13.7 Å². The lowest BCUT2D eigenvalue weighted by Crippen LogP contribution is -2.50. The predicted molar refractivity (Wildman–Crippen MR) is 70.9 cm³/mol. The summed E-state index contributed by atoms with van der Waals surface area (Å²) in [4.78, 5) is 23.2. The first kappa shape index (κ1) is 16.1. The van der Waals surface area contributed by atoms with Gasteiger partial charge in [0.05, 0.1) is 12.0 Å². The molecule has 0 heterocycles. The average Bonchev–Trinajstić information content (AvgIpc) is 2.38. The molecule has 0 fully saturated rings. The Hall–Kier alpha value is -1.95. The molecular formula is C14H18FNO4. The average molecular weight is 283 g/mol. The van der Waals surface area contributed by atoms with Crippen LogP contribution in [0.15, 0.2) is 24.3 Å². The number of carbonyl (C=O) groups excluding carboxylic acids is 1. The van der Waals surface area contributed by atoms with Crippen LogP contribution in [0, 0.1) is 5.82 Å². The van der Waals surface area contributed by atoms with Crippen LogP contribution >= 0.6 is 0 Å². The van der Waals surface area contributed by atoms with Gasteiger partial charge in [0.25, 0.3) is 0 Å². The second-order valence-corrected chi connectivity index (χ2v) is 4.92. The monoisotopic (exact) mass is 283 g/mol. The van der Waals surface area contributed by atoms with Crippen LogP contribution in [0.2, 0.25) is 0 Å². The van der Waals surface area contributed by atoms with E-state index in [0.717, 1.165) is 0 Å². The maximum absolute atomic E-state index is 13.8. The first-order valence-corrected chi connectivity index (χ1v) is 6.08. The molecule has 0 aliphatic rings. The number of rotatable bonds is 6. The minimum atomic E-state index is -1.20. The molecule has 1 rings (SSSR count). The Balaban J connectivity index is 2.95. The van der Waals surface area contributed by atoms with Gasteiger partial charge < -0.3 is 15.2 Å². The lowest BCUT2D eigenvalue weighted by Gasteiger charge is -2.26. The number of hydrogen-bond acceptors (Lipinski definition) is 3. The van der Waals surface area contributed by atoms with E-state index in [2.05, 4.69) is 5.32 Å². The number of carbonyl (C=O) groups is 2. The molecule has 0 saturated carbocycles. The fraction of sp³-hybridized carbons (Fsp3) is 0.429. The molecule has 1 aromatic carbocycles. The number of benzene rings is 1. The van der Waals surface area contributed by atoms with E-state index >= 15 is 0 Å². The predicted octanol–water partition coefficient (Wildman–Crippen LogP) is 1.32. The van der Waals surface area contributed by atoms with E-state index in [1.54, 1.807) is 6.07 Å². The van der Waals surface area contributed by atoms with Crippen molar-refractivity contribution in [3.05, 3.63) is 35.6 Å². The summed E-state index contributed by atoms with van der Waals surface area (Å²) in [6, 6.07) is 4.74. The number of halogens is 1. The smallest absolute Gasteiger partial charge is 0.328 e. The third kappa shape index (κ3) is 3.54.